The van der Waals surface area contributed by atoms with Crippen molar-refractivity contribution in [3.05, 3.63) is 54.2 Å². The highest BCUT2D eigenvalue weighted by molar-refractivity contribution is 5.97. The maximum absolute atomic E-state index is 13.5. The predicted octanol–water partition coefficient (Wildman–Crippen LogP) is -5.11. The number of fused-ring (bicyclic) bond motifs is 1. The third-order valence-corrected chi connectivity index (χ3v) is 9.06. The fourth-order valence-electron chi connectivity index (χ4n) is 5.80. The van der Waals surface area contributed by atoms with Crippen LogP contribution in [-0.4, -0.2) is 145 Å². The number of hydrogen-bond donors (Lipinski definition) is 14. The standard InChI is InChI=1S/C37H50N12O13/c1-17(32(56)47-25(10-20-13-40-16-44-20)35(59)46-24(7-8-30(54)55)34(58)48-26(37(61)62)11-27(39)51)45-28(52)14-43-36(60)31(18(2)50)49-29(53)15-42-33(57)22(38)9-19-12-41-23-6-4-3-5-21(19)23/h3-6,12-13,16-18,22,24-26,31,41,50H,7-11,14-15,38H2,1-2H3,(H2,39,51)(H,40,44)(H,42,57)(H,43,60)(H,45,52)(H,46,59)(H,47,56)(H,48,58)(H,49,53)(H,54,55)(H,61,62)/t17-,18+,22-,24-,25-,26-,31-/m0/s1. The molecule has 0 saturated carbocycles. The van der Waals surface area contributed by atoms with Crippen LogP contribution in [0.2, 0.25) is 0 Å². The molecule has 0 fully saturated rings. The average Bonchev–Trinajstić information content (AvgIpc) is 3.88. The number of rotatable bonds is 25. The number of carboxylic acids is 2. The Morgan fingerprint density at radius 1 is 0.742 bits per heavy atom. The second-order valence-corrected chi connectivity index (χ2v) is 14.1. The lowest BCUT2D eigenvalue weighted by molar-refractivity contribution is -0.144. The number of nitrogens with zero attached hydrogens (tertiary/aromatic N) is 1. The van der Waals surface area contributed by atoms with E-state index in [1.54, 1.807) is 6.20 Å². The number of hydrogen-bond acceptors (Lipinski definition) is 13. The molecule has 3 aromatic rings. The number of carbonyl (C=O) groups is 10. The second kappa shape index (κ2) is 23.4. The summed E-state index contributed by atoms with van der Waals surface area (Å²) in [6.07, 6.45) is 0.744. The summed E-state index contributed by atoms with van der Waals surface area (Å²) < 4.78 is 0. The molecule has 2 aromatic heterocycles. The van der Waals surface area contributed by atoms with Crippen molar-refractivity contribution < 1.29 is 63.3 Å². The molecule has 16 N–H and O–H groups in total. The molecule has 336 valence electrons. The summed E-state index contributed by atoms with van der Waals surface area (Å²) in [4.78, 5) is 134. The molecule has 1 aromatic carbocycles. The van der Waals surface area contributed by atoms with E-state index in [2.05, 4.69) is 46.9 Å². The van der Waals surface area contributed by atoms with E-state index in [0.717, 1.165) is 16.5 Å². The van der Waals surface area contributed by atoms with Crippen LogP contribution in [-0.2, 0) is 60.8 Å². The topological polar surface area (TPSA) is 412 Å². The molecule has 8 amide bonds. The SMILES string of the molecule is C[C@H](NC(=O)CNC(=O)[C@@H](NC(=O)CNC(=O)[C@@H](N)Cc1c[nH]c2ccccc12)[C@@H](C)O)C(=O)N[C@@H](Cc1cnc[nH]1)C(=O)N[C@@H](CCC(=O)O)C(=O)N[C@@H](CC(N)=O)C(=O)O. The number of primary amides is 1. The van der Waals surface area contributed by atoms with Crippen LogP contribution in [0.3, 0.4) is 0 Å². The first kappa shape index (κ1) is 49.0. The number of para-hydroxylation sites is 1. The van der Waals surface area contributed by atoms with E-state index in [1.807, 2.05) is 29.6 Å². The highest BCUT2D eigenvalue weighted by Gasteiger charge is 2.32. The van der Waals surface area contributed by atoms with Crippen LogP contribution in [0.15, 0.2) is 43.0 Å². The number of aliphatic hydroxyl groups is 1. The van der Waals surface area contributed by atoms with Gasteiger partial charge in [-0.15, -0.1) is 0 Å². The zero-order chi connectivity index (χ0) is 46.1. The van der Waals surface area contributed by atoms with E-state index in [0.29, 0.717) is 5.69 Å². The van der Waals surface area contributed by atoms with Crippen LogP contribution in [0.4, 0.5) is 0 Å². The molecule has 2 heterocycles. The Balaban J connectivity index is 1.55. The highest BCUT2D eigenvalue weighted by atomic mass is 16.4. The summed E-state index contributed by atoms with van der Waals surface area (Å²) >= 11 is 0. The predicted molar refractivity (Wildman–Crippen MR) is 214 cm³/mol. The highest BCUT2D eigenvalue weighted by Crippen LogP contribution is 2.18. The minimum atomic E-state index is -1.80. The van der Waals surface area contributed by atoms with Crippen molar-refractivity contribution in [3.63, 3.8) is 0 Å². The van der Waals surface area contributed by atoms with Crippen molar-refractivity contribution in [2.75, 3.05) is 13.1 Å². The van der Waals surface area contributed by atoms with Crippen LogP contribution in [0.5, 0.6) is 0 Å². The van der Waals surface area contributed by atoms with E-state index >= 15 is 0 Å². The van der Waals surface area contributed by atoms with Crippen molar-refractivity contribution in [2.45, 2.75) is 88.3 Å². The maximum Gasteiger partial charge on any atom is 0.326 e. The first-order valence-electron chi connectivity index (χ1n) is 19.0. The van der Waals surface area contributed by atoms with Crippen LogP contribution in [0, 0.1) is 0 Å². The molecule has 3 rings (SSSR count). The summed E-state index contributed by atoms with van der Waals surface area (Å²) in [6, 6.07) is -1.52. The third-order valence-electron chi connectivity index (χ3n) is 9.06. The van der Waals surface area contributed by atoms with Gasteiger partial charge in [0.05, 0.1) is 38.0 Å². The molecule has 0 spiro atoms. The van der Waals surface area contributed by atoms with E-state index in [1.165, 1.54) is 26.4 Å². The van der Waals surface area contributed by atoms with Crippen LogP contribution >= 0.6 is 0 Å². The van der Waals surface area contributed by atoms with Crippen molar-refractivity contribution in [1.82, 2.24) is 52.2 Å². The Morgan fingerprint density at radius 3 is 1.97 bits per heavy atom. The van der Waals surface area contributed by atoms with Crippen molar-refractivity contribution in [1.29, 1.82) is 0 Å². The Labute approximate surface area is 352 Å². The fourth-order valence-corrected chi connectivity index (χ4v) is 5.80. The largest absolute Gasteiger partial charge is 0.481 e. The van der Waals surface area contributed by atoms with Gasteiger partial charge in [0.15, 0.2) is 0 Å². The summed E-state index contributed by atoms with van der Waals surface area (Å²) in [6.45, 7) is 1.08. The summed E-state index contributed by atoms with van der Waals surface area (Å²) in [5.74, 6) is -10.6. The van der Waals surface area contributed by atoms with Crippen LogP contribution in [0.25, 0.3) is 10.9 Å². The average molecular weight is 871 g/mol. The zero-order valence-corrected chi connectivity index (χ0v) is 33.6. The second-order valence-electron chi connectivity index (χ2n) is 14.1. The quantitative estimate of drug-likeness (QED) is 0.0379. The number of nitrogens with two attached hydrogens (primary N) is 2. The van der Waals surface area contributed by atoms with Crippen LogP contribution in [0.1, 0.15) is 44.4 Å². The number of imidazole rings is 1. The van der Waals surface area contributed by atoms with E-state index in [-0.39, 0.29) is 12.8 Å². The van der Waals surface area contributed by atoms with Crippen molar-refractivity contribution in [3.8, 4) is 0 Å². The number of H-pyrrole nitrogens is 2. The third kappa shape index (κ3) is 15.6. The van der Waals surface area contributed by atoms with Gasteiger partial charge >= 0.3 is 11.9 Å². The maximum atomic E-state index is 13.5. The molecule has 0 aliphatic heterocycles. The number of aliphatic carboxylic acids is 2. The molecular weight excluding hydrogens is 820 g/mol. The number of aromatic nitrogens is 3. The molecule has 7 atom stereocenters. The number of carbonyl (C=O) groups excluding carboxylic acids is 8. The number of benzene rings is 1. The number of aromatic amines is 2. The number of amides is 8. The Bertz CT molecular complexity index is 2110. The molecule has 0 aliphatic rings. The molecule has 0 saturated heterocycles. The van der Waals surface area contributed by atoms with Gasteiger partial charge in [-0.25, -0.2) is 9.78 Å². The van der Waals surface area contributed by atoms with Gasteiger partial charge in [-0.05, 0) is 38.3 Å². The number of nitrogens with one attached hydrogen (secondary N) is 9. The Morgan fingerprint density at radius 2 is 1.35 bits per heavy atom. The number of carboxylic acid groups (broad SMARTS) is 2. The fraction of sp³-hybridized carbons (Fsp3) is 0.432. The first-order valence-corrected chi connectivity index (χ1v) is 19.0. The molecule has 62 heavy (non-hydrogen) atoms. The summed E-state index contributed by atoms with van der Waals surface area (Å²) in [5, 5.41) is 45.5. The molecule has 0 radical (unpaired) electrons. The van der Waals surface area contributed by atoms with Gasteiger partial charge in [-0.1, -0.05) is 18.2 Å². The lowest BCUT2D eigenvalue weighted by Gasteiger charge is -2.25. The molecule has 0 unspecified atom stereocenters. The van der Waals surface area contributed by atoms with Gasteiger partial charge < -0.3 is 74.0 Å². The molecule has 25 nitrogen and oxygen atoms in total. The van der Waals surface area contributed by atoms with Gasteiger partial charge in [-0.2, -0.15) is 0 Å². The normalized spacial score (nSPS) is 14.3. The summed E-state index contributed by atoms with van der Waals surface area (Å²) in [7, 11) is 0. The van der Waals surface area contributed by atoms with Gasteiger partial charge in [0.25, 0.3) is 0 Å². The lowest BCUT2D eigenvalue weighted by atomic mass is 10.1. The summed E-state index contributed by atoms with van der Waals surface area (Å²) in [5.41, 5.74) is 13.1. The molecule has 0 aliphatic carbocycles. The van der Waals surface area contributed by atoms with Crippen molar-refractivity contribution >= 4 is 70.1 Å². The zero-order valence-electron chi connectivity index (χ0n) is 33.6. The van der Waals surface area contributed by atoms with Crippen molar-refractivity contribution in [2.24, 2.45) is 11.5 Å². The first-order chi connectivity index (χ1) is 29.2. The van der Waals surface area contributed by atoms with Gasteiger partial charge in [0, 0.05) is 41.8 Å². The molecule has 25 heteroatoms. The van der Waals surface area contributed by atoms with Crippen LogP contribution < -0.4 is 48.7 Å². The van der Waals surface area contributed by atoms with Gasteiger partial charge in [0.2, 0.25) is 47.3 Å². The number of aliphatic hydroxyl groups excluding tert-OH is 1. The Hall–Kier alpha value is -7.41. The van der Waals surface area contributed by atoms with E-state index in [9.17, 15) is 63.3 Å². The minimum Gasteiger partial charge on any atom is -0.481 e. The molecule has 0 bridgehead atoms. The monoisotopic (exact) mass is 870 g/mol. The van der Waals surface area contributed by atoms with E-state index < -0.39 is 134 Å². The minimum absolute atomic E-state index is 0.163. The van der Waals surface area contributed by atoms with Gasteiger partial charge in [-0.3, -0.25) is 43.2 Å². The van der Waals surface area contributed by atoms with E-state index in [4.69, 9.17) is 11.5 Å². The van der Waals surface area contributed by atoms with Gasteiger partial charge in [0.1, 0.15) is 30.2 Å². The Kier molecular flexibility index (Phi) is 18.5. The molecular formula is C37H50N12O13. The smallest absolute Gasteiger partial charge is 0.326 e. The lowest BCUT2D eigenvalue weighted by Crippen LogP contribution is -2.58.